The van der Waals surface area contributed by atoms with Crippen LogP contribution >= 0.6 is 11.8 Å². The van der Waals surface area contributed by atoms with E-state index in [1.165, 1.54) is 23.9 Å². The summed E-state index contributed by atoms with van der Waals surface area (Å²) < 4.78 is 23.5. The summed E-state index contributed by atoms with van der Waals surface area (Å²) in [7, 11) is 1.63. The lowest BCUT2D eigenvalue weighted by Crippen LogP contribution is -2.00. The van der Waals surface area contributed by atoms with Crippen LogP contribution in [-0.4, -0.2) is 34.7 Å². The van der Waals surface area contributed by atoms with Gasteiger partial charge in [-0.3, -0.25) is 5.10 Å². The van der Waals surface area contributed by atoms with Gasteiger partial charge in [0.2, 0.25) is 5.16 Å². The smallest absolute Gasteiger partial charge is 0.208 e. The Morgan fingerprint density at radius 3 is 2.46 bits per heavy atom. The average molecular weight is 345 g/mol. The fraction of sp³-hybridized carbons (Fsp3) is 0.176. The first kappa shape index (κ1) is 16.3. The number of aromatic nitrogens is 3. The van der Waals surface area contributed by atoms with Gasteiger partial charge in [-0.15, -0.1) is 5.10 Å². The van der Waals surface area contributed by atoms with Crippen molar-refractivity contribution in [2.75, 3.05) is 19.5 Å². The molecule has 0 amide bonds. The molecule has 5 nitrogen and oxygen atoms in total. The van der Waals surface area contributed by atoms with Crippen molar-refractivity contribution in [2.24, 2.45) is 0 Å². The van der Waals surface area contributed by atoms with E-state index in [0.29, 0.717) is 29.1 Å². The van der Waals surface area contributed by atoms with Crippen molar-refractivity contribution in [3.05, 3.63) is 54.3 Å². The van der Waals surface area contributed by atoms with Crippen LogP contribution in [0.3, 0.4) is 0 Å². The summed E-state index contributed by atoms with van der Waals surface area (Å²) in [5, 5.41) is 7.76. The average Bonchev–Trinajstić information content (AvgIpc) is 3.09. The van der Waals surface area contributed by atoms with Crippen LogP contribution in [0.1, 0.15) is 0 Å². The third-order valence-corrected chi connectivity index (χ3v) is 4.04. The first-order chi connectivity index (χ1) is 11.7. The molecule has 0 aliphatic rings. The van der Waals surface area contributed by atoms with Crippen molar-refractivity contribution in [2.45, 2.75) is 5.16 Å². The van der Waals surface area contributed by atoms with E-state index in [0.717, 1.165) is 11.3 Å². The molecule has 7 heteroatoms. The number of rotatable bonds is 7. The van der Waals surface area contributed by atoms with E-state index in [9.17, 15) is 4.39 Å². The van der Waals surface area contributed by atoms with Crippen LogP contribution in [0.15, 0.2) is 53.7 Å². The van der Waals surface area contributed by atoms with Crippen LogP contribution in [0.5, 0.6) is 11.5 Å². The van der Waals surface area contributed by atoms with Gasteiger partial charge in [0, 0.05) is 11.3 Å². The number of benzene rings is 2. The summed E-state index contributed by atoms with van der Waals surface area (Å²) in [4.78, 5) is 4.44. The second kappa shape index (κ2) is 7.83. The predicted octanol–water partition coefficient (Wildman–Crippen LogP) is 3.79. The number of hydrogen-bond donors (Lipinski definition) is 1. The first-order valence-electron chi connectivity index (χ1n) is 7.32. The highest BCUT2D eigenvalue weighted by atomic mass is 32.2. The van der Waals surface area contributed by atoms with Crippen LogP contribution in [0.4, 0.5) is 4.39 Å². The third-order valence-electron chi connectivity index (χ3n) is 3.23. The molecule has 1 N–H and O–H groups in total. The lowest BCUT2D eigenvalue weighted by Gasteiger charge is -2.04. The number of nitrogens with zero attached hydrogens (tertiary/aromatic N) is 2. The van der Waals surface area contributed by atoms with E-state index < -0.39 is 0 Å². The van der Waals surface area contributed by atoms with E-state index in [1.54, 1.807) is 19.2 Å². The van der Waals surface area contributed by atoms with Crippen molar-refractivity contribution in [1.29, 1.82) is 0 Å². The van der Waals surface area contributed by atoms with Gasteiger partial charge < -0.3 is 9.47 Å². The number of nitrogens with one attached hydrogen (secondary N) is 1. The molecule has 124 valence electrons. The highest BCUT2D eigenvalue weighted by Crippen LogP contribution is 2.21. The molecule has 3 rings (SSSR count). The molecule has 0 radical (unpaired) electrons. The fourth-order valence-corrected chi connectivity index (χ4v) is 2.63. The molecule has 3 aromatic rings. The van der Waals surface area contributed by atoms with Crippen molar-refractivity contribution < 1.29 is 13.9 Å². The number of ether oxygens (including phenoxy) is 2. The quantitative estimate of drug-likeness (QED) is 0.521. The molecule has 0 bridgehead atoms. The molecule has 24 heavy (non-hydrogen) atoms. The molecule has 0 aliphatic carbocycles. The zero-order valence-electron chi connectivity index (χ0n) is 13.0. The van der Waals surface area contributed by atoms with Gasteiger partial charge in [-0.2, -0.15) is 0 Å². The molecule has 0 fully saturated rings. The van der Waals surface area contributed by atoms with Gasteiger partial charge in [0.1, 0.15) is 17.3 Å². The molecule has 0 atom stereocenters. The number of H-pyrrole nitrogens is 1. The number of hydrogen-bond acceptors (Lipinski definition) is 5. The fourth-order valence-electron chi connectivity index (χ4n) is 2.01. The summed E-state index contributed by atoms with van der Waals surface area (Å²) in [6.07, 6.45) is 0. The lowest BCUT2D eigenvalue weighted by molar-refractivity contribution is 0.343. The minimum Gasteiger partial charge on any atom is -0.497 e. The van der Waals surface area contributed by atoms with Crippen molar-refractivity contribution in [3.8, 4) is 22.9 Å². The van der Waals surface area contributed by atoms with Gasteiger partial charge in [-0.05, 0) is 48.5 Å². The Balaban J connectivity index is 1.49. The van der Waals surface area contributed by atoms with Crippen LogP contribution < -0.4 is 9.47 Å². The molecule has 0 spiro atoms. The van der Waals surface area contributed by atoms with E-state index in [4.69, 9.17) is 9.47 Å². The van der Waals surface area contributed by atoms with Crippen LogP contribution in [0.25, 0.3) is 11.4 Å². The summed E-state index contributed by atoms with van der Waals surface area (Å²) in [5.41, 5.74) is 0.942. The van der Waals surface area contributed by atoms with Gasteiger partial charge in [0.05, 0.1) is 13.7 Å². The van der Waals surface area contributed by atoms with Crippen molar-refractivity contribution in [1.82, 2.24) is 15.2 Å². The van der Waals surface area contributed by atoms with E-state index in [-0.39, 0.29) is 5.82 Å². The largest absolute Gasteiger partial charge is 0.497 e. The number of methoxy groups -OCH3 is 1. The van der Waals surface area contributed by atoms with Crippen LogP contribution in [-0.2, 0) is 0 Å². The minimum absolute atomic E-state index is 0.275. The first-order valence-corrected chi connectivity index (χ1v) is 8.31. The molecular weight excluding hydrogens is 329 g/mol. The second-order valence-electron chi connectivity index (χ2n) is 4.85. The molecule has 0 saturated carbocycles. The highest BCUT2D eigenvalue weighted by molar-refractivity contribution is 7.99. The monoisotopic (exact) mass is 345 g/mol. The summed E-state index contributed by atoms with van der Waals surface area (Å²) >= 11 is 1.49. The Hall–Kier alpha value is -2.54. The lowest BCUT2D eigenvalue weighted by atomic mass is 10.2. The standard InChI is InChI=1S/C17H16FN3O2S/c1-22-14-6-2-12(3-7-14)16-19-17(21-20-16)24-11-10-23-15-8-4-13(18)5-9-15/h2-9H,10-11H2,1H3,(H,19,20,21). The van der Waals surface area contributed by atoms with E-state index in [2.05, 4.69) is 15.2 Å². The normalized spacial score (nSPS) is 10.6. The van der Waals surface area contributed by atoms with E-state index in [1.807, 2.05) is 24.3 Å². The molecule has 0 aliphatic heterocycles. The topological polar surface area (TPSA) is 60.0 Å². The molecule has 2 aromatic carbocycles. The van der Waals surface area contributed by atoms with E-state index >= 15 is 0 Å². The number of thioether (sulfide) groups is 1. The number of aromatic amines is 1. The summed E-state index contributed by atoms with van der Waals surface area (Å²) in [5.74, 6) is 2.57. The number of halogens is 1. The van der Waals surface area contributed by atoms with Gasteiger partial charge >= 0.3 is 0 Å². The Kier molecular flexibility index (Phi) is 5.32. The highest BCUT2D eigenvalue weighted by Gasteiger charge is 2.06. The Morgan fingerprint density at radius 1 is 1.04 bits per heavy atom. The predicted molar refractivity (Wildman–Crippen MR) is 91.0 cm³/mol. The van der Waals surface area contributed by atoms with Crippen LogP contribution in [0, 0.1) is 5.82 Å². The maximum Gasteiger partial charge on any atom is 0.208 e. The minimum atomic E-state index is -0.275. The third kappa shape index (κ3) is 4.26. The van der Waals surface area contributed by atoms with Gasteiger partial charge in [0.25, 0.3) is 0 Å². The molecule has 0 unspecified atom stereocenters. The van der Waals surface area contributed by atoms with Crippen molar-refractivity contribution >= 4 is 11.8 Å². The Morgan fingerprint density at radius 2 is 1.75 bits per heavy atom. The molecular formula is C17H16FN3O2S. The van der Waals surface area contributed by atoms with Gasteiger partial charge in [0.15, 0.2) is 5.82 Å². The summed E-state index contributed by atoms with van der Waals surface area (Å²) in [6, 6.07) is 13.6. The Labute approximate surface area is 143 Å². The maximum absolute atomic E-state index is 12.8. The Bertz CT molecular complexity index is 775. The van der Waals surface area contributed by atoms with Gasteiger partial charge in [-0.1, -0.05) is 11.8 Å². The zero-order chi connectivity index (χ0) is 16.8. The summed E-state index contributed by atoms with van der Waals surface area (Å²) in [6.45, 7) is 0.489. The van der Waals surface area contributed by atoms with Crippen LogP contribution in [0.2, 0.25) is 0 Å². The second-order valence-corrected chi connectivity index (χ2v) is 5.91. The molecule has 0 saturated heterocycles. The SMILES string of the molecule is COc1ccc(-c2nc(SCCOc3ccc(F)cc3)n[nH]2)cc1. The molecule has 1 aromatic heterocycles. The molecule has 1 heterocycles. The van der Waals surface area contributed by atoms with Gasteiger partial charge in [-0.25, -0.2) is 9.37 Å². The zero-order valence-corrected chi connectivity index (χ0v) is 13.8. The maximum atomic E-state index is 12.8. The van der Waals surface area contributed by atoms with Crippen molar-refractivity contribution in [3.63, 3.8) is 0 Å².